The van der Waals surface area contributed by atoms with Crippen molar-refractivity contribution in [1.29, 1.82) is 0 Å². The van der Waals surface area contributed by atoms with Crippen molar-refractivity contribution in [1.82, 2.24) is 0 Å². The van der Waals surface area contributed by atoms with E-state index in [1.807, 2.05) is 19.9 Å². The van der Waals surface area contributed by atoms with Crippen LogP contribution in [-0.2, 0) is 0 Å². The Morgan fingerprint density at radius 3 is 2.65 bits per heavy atom. The molecule has 0 amide bonds. The molecule has 0 radical (unpaired) electrons. The lowest BCUT2D eigenvalue weighted by Gasteiger charge is -2.21. The normalized spacial score (nSPS) is 12.5. The SMILES string of the molecule is CC(C)C(CN)Nc1ccc(I)cc1[N+](=O)[O-]. The van der Waals surface area contributed by atoms with Gasteiger partial charge in [-0.15, -0.1) is 0 Å². The number of hydrogen-bond donors (Lipinski definition) is 2. The first-order chi connectivity index (χ1) is 7.95. The average Bonchev–Trinajstić information content (AvgIpc) is 2.26. The summed E-state index contributed by atoms with van der Waals surface area (Å²) in [5.41, 5.74) is 6.26. The predicted octanol–water partition coefficient (Wildman–Crippen LogP) is 2.59. The lowest BCUT2D eigenvalue weighted by Crippen LogP contribution is -2.33. The second-order valence-electron chi connectivity index (χ2n) is 4.15. The van der Waals surface area contributed by atoms with Crippen molar-refractivity contribution in [3.8, 4) is 0 Å². The molecule has 17 heavy (non-hydrogen) atoms. The Kier molecular flexibility index (Phi) is 5.13. The van der Waals surface area contributed by atoms with Gasteiger partial charge in [-0.3, -0.25) is 10.1 Å². The van der Waals surface area contributed by atoms with Crippen LogP contribution in [0.3, 0.4) is 0 Å². The van der Waals surface area contributed by atoms with Gasteiger partial charge in [0.2, 0.25) is 0 Å². The molecule has 0 bridgehead atoms. The summed E-state index contributed by atoms with van der Waals surface area (Å²) in [4.78, 5) is 10.6. The van der Waals surface area contributed by atoms with E-state index in [4.69, 9.17) is 5.73 Å². The Morgan fingerprint density at radius 2 is 2.18 bits per heavy atom. The van der Waals surface area contributed by atoms with Crippen molar-refractivity contribution in [2.45, 2.75) is 19.9 Å². The second kappa shape index (κ2) is 6.15. The van der Waals surface area contributed by atoms with E-state index in [-0.39, 0.29) is 16.7 Å². The Morgan fingerprint density at radius 1 is 1.53 bits per heavy atom. The van der Waals surface area contributed by atoms with Gasteiger partial charge in [0, 0.05) is 22.2 Å². The maximum Gasteiger partial charge on any atom is 0.293 e. The van der Waals surface area contributed by atoms with Gasteiger partial charge in [0.05, 0.1) is 4.92 Å². The molecule has 1 aromatic rings. The van der Waals surface area contributed by atoms with Crippen LogP contribution in [0.2, 0.25) is 0 Å². The van der Waals surface area contributed by atoms with Crippen molar-refractivity contribution < 1.29 is 4.92 Å². The molecule has 0 aliphatic heterocycles. The van der Waals surface area contributed by atoms with Gasteiger partial charge in [0.15, 0.2) is 0 Å². The van der Waals surface area contributed by atoms with Crippen molar-refractivity contribution in [3.05, 3.63) is 31.9 Å². The van der Waals surface area contributed by atoms with Crippen LogP contribution in [0.4, 0.5) is 11.4 Å². The Balaban J connectivity index is 3.01. The number of halogens is 1. The maximum atomic E-state index is 10.9. The van der Waals surface area contributed by atoms with E-state index in [1.54, 1.807) is 12.1 Å². The molecule has 0 saturated heterocycles. The minimum atomic E-state index is -0.377. The summed E-state index contributed by atoms with van der Waals surface area (Å²) < 4.78 is 0.841. The number of hydrogen-bond acceptors (Lipinski definition) is 4. The van der Waals surface area contributed by atoms with Crippen LogP contribution >= 0.6 is 22.6 Å². The van der Waals surface area contributed by atoms with Crippen LogP contribution in [-0.4, -0.2) is 17.5 Å². The van der Waals surface area contributed by atoms with Gasteiger partial charge < -0.3 is 11.1 Å². The quantitative estimate of drug-likeness (QED) is 0.486. The van der Waals surface area contributed by atoms with Crippen molar-refractivity contribution >= 4 is 34.0 Å². The molecule has 0 saturated carbocycles. The Labute approximate surface area is 114 Å². The lowest BCUT2D eigenvalue weighted by molar-refractivity contribution is -0.384. The number of nitro benzene ring substituents is 1. The summed E-state index contributed by atoms with van der Waals surface area (Å²) in [6.45, 7) is 4.51. The van der Waals surface area contributed by atoms with E-state index in [0.29, 0.717) is 18.2 Å². The first-order valence-corrected chi connectivity index (χ1v) is 6.44. The highest BCUT2D eigenvalue weighted by atomic mass is 127. The van der Waals surface area contributed by atoms with Crippen LogP contribution in [0.25, 0.3) is 0 Å². The van der Waals surface area contributed by atoms with Crippen molar-refractivity contribution in [2.75, 3.05) is 11.9 Å². The number of rotatable bonds is 5. The second-order valence-corrected chi connectivity index (χ2v) is 5.39. The fourth-order valence-corrected chi connectivity index (χ4v) is 1.95. The molecule has 5 nitrogen and oxygen atoms in total. The van der Waals surface area contributed by atoms with Gasteiger partial charge in [-0.1, -0.05) is 13.8 Å². The first-order valence-electron chi connectivity index (χ1n) is 5.36. The number of nitrogens with one attached hydrogen (secondary N) is 1. The van der Waals surface area contributed by atoms with E-state index in [9.17, 15) is 10.1 Å². The van der Waals surface area contributed by atoms with Gasteiger partial charge in [-0.25, -0.2) is 0 Å². The zero-order valence-electron chi connectivity index (χ0n) is 9.81. The third kappa shape index (κ3) is 3.81. The van der Waals surface area contributed by atoms with Crippen molar-refractivity contribution in [2.24, 2.45) is 11.7 Å². The molecule has 1 rings (SSSR count). The summed E-state index contributed by atoms with van der Waals surface area (Å²) in [6.07, 6.45) is 0. The van der Waals surface area contributed by atoms with Crippen LogP contribution in [0.5, 0.6) is 0 Å². The molecule has 6 heteroatoms. The maximum absolute atomic E-state index is 10.9. The number of nitro groups is 1. The zero-order chi connectivity index (χ0) is 13.0. The molecule has 0 fully saturated rings. The molecular weight excluding hydrogens is 333 g/mol. The molecule has 1 aromatic carbocycles. The van der Waals surface area contributed by atoms with Crippen LogP contribution < -0.4 is 11.1 Å². The van der Waals surface area contributed by atoms with E-state index in [1.165, 1.54) is 0 Å². The Hall–Kier alpha value is -0.890. The standard InChI is InChI=1S/C11H16IN3O2/c1-7(2)10(6-13)14-9-4-3-8(12)5-11(9)15(16)17/h3-5,7,10,14H,6,13H2,1-2H3. The highest BCUT2D eigenvalue weighted by Gasteiger charge is 2.18. The van der Waals surface area contributed by atoms with Crippen LogP contribution in [0.15, 0.2) is 18.2 Å². The van der Waals surface area contributed by atoms with E-state index < -0.39 is 0 Å². The third-order valence-corrected chi connectivity index (χ3v) is 3.23. The largest absolute Gasteiger partial charge is 0.375 e. The highest BCUT2D eigenvalue weighted by Crippen LogP contribution is 2.27. The molecule has 0 aliphatic carbocycles. The first kappa shape index (κ1) is 14.2. The summed E-state index contributed by atoms with van der Waals surface area (Å²) in [5, 5.41) is 14.1. The summed E-state index contributed by atoms with van der Waals surface area (Å²) in [5.74, 6) is 0.318. The smallest absolute Gasteiger partial charge is 0.293 e. The van der Waals surface area contributed by atoms with E-state index in [0.717, 1.165) is 3.57 Å². The summed E-state index contributed by atoms with van der Waals surface area (Å²) >= 11 is 2.05. The summed E-state index contributed by atoms with van der Waals surface area (Å²) in [6, 6.07) is 5.15. The van der Waals surface area contributed by atoms with Gasteiger partial charge >= 0.3 is 0 Å². The molecule has 0 spiro atoms. The van der Waals surface area contributed by atoms with E-state index >= 15 is 0 Å². The van der Waals surface area contributed by atoms with Crippen molar-refractivity contribution in [3.63, 3.8) is 0 Å². The summed E-state index contributed by atoms with van der Waals surface area (Å²) in [7, 11) is 0. The van der Waals surface area contributed by atoms with Gasteiger partial charge in [-0.05, 0) is 40.6 Å². The monoisotopic (exact) mass is 349 g/mol. The van der Waals surface area contributed by atoms with E-state index in [2.05, 4.69) is 27.9 Å². The Bertz CT molecular complexity index is 410. The number of nitrogens with zero attached hydrogens (tertiary/aromatic N) is 1. The molecular formula is C11H16IN3O2. The van der Waals surface area contributed by atoms with Gasteiger partial charge in [0.25, 0.3) is 5.69 Å². The molecule has 0 aromatic heterocycles. The average molecular weight is 349 g/mol. The number of benzene rings is 1. The minimum absolute atomic E-state index is 0.0359. The number of nitrogens with two attached hydrogens (primary N) is 1. The fourth-order valence-electron chi connectivity index (χ4n) is 1.48. The highest BCUT2D eigenvalue weighted by molar-refractivity contribution is 14.1. The third-order valence-electron chi connectivity index (χ3n) is 2.56. The molecule has 94 valence electrons. The molecule has 1 unspecified atom stereocenters. The van der Waals surface area contributed by atoms with Gasteiger partial charge in [0.1, 0.15) is 5.69 Å². The fraction of sp³-hybridized carbons (Fsp3) is 0.455. The van der Waals surface area contributed by atoms with Gasteiger partial charge in [-0.2, -0.15) is 0 Å². The van der Waals surface area contributed by atoms with Crippen LogP contribution in [0, 0.1) is 19.6 Å². The zero-order valence-corrected chi connectivity index (χ0v) is 12.0. The minimum Gasteiger partial charge on any atom is -0.375 e. The van der Waals surface area contributed by atoms with Crippen LogP contribution in [0.1, 0.15) is 13.8 Å². The number of anilines is 1. The molecule has 0 aliphatic rings. The molecule has 3 N–H and O–H groups in total. The lowest BCUT2D eigenvalue weighted by atomic mass is 10.0. The topological polar surface area (TPSA) is 81.2 Å². The molecule has 0 heterocycles. The molecule has 1 atom stereocenters. The predicted molar refractivity (Wildman–Crippen MR) is 77.1 cm³/mol.